The molecule has 1 unspecified atom stereocenters. The van der Waals surface area contributed by atoms with E-state index in [1.807, 2.05) is 61.3 Å². The van der Waals surface area contributed by atoms with E-state index >= 15 is 0 Å². The first-order valence-corrected chi connectivity index (χ1v) is 10.0. The Hall–Kier alpha value is -3.22. The van der Waals surface area contributed by atoms with E-state index in [0.717, 1.165) is 11.3 Å². The number of fused-ring (bicyclic) bond motifs is 1. The van der Waals surface area contributed by atoms with E-state index in [1.54, 1.807) is 11.9 Å². The van der Waals surface area contributed by atoms with Gasteiger partial charge in [0.25, 0.3) is 5.91 Å². The van der Waals surface area contributed by atoms with E-state index in [4.69, 9.17) is 14.2 Å². The monoisotopic (exact) mass is 412 g/mol. The van der Waals surface area contributed by atoms with E-state index in [1.165, 1.54) is 7.11 Å². The van der Waals surface area contributed by atoms with Gasteiger partial charge < -0.3 is 24.0 Å². The second-order valence-electron chi connectivity index (χ2n) is 7.11. The van der Waals surface area contributed by atoms with Crippen LogP contribution in [0.15, 0.2) is 42.5 Å². The van der Waals surface area contributed by atoms with Crippen molar-refractivity contribution in [1.29, 1.82) is 0 Å². The highest BCUT2D eigenvalue weighted by atomic mass is 16.5. The number of nitrogens with zero attached hydrogens (tertiary/aromatic N) is 2. The molecule has 0 spiro atoms. The fourth-order valence-electron chi connectivity index (χ4n) is 3.56. The first-order chi connectivity index (χ1) is 14.5. The highest BCUT2D eigenvalue weighted by Crippen LogP contribution is 2.30. The maximum absolute atomic E-state index is 12.7. The van der Waals surface area contributed by atoms with Gasteiger partial charge in [0.15, 0.2) is 0 Å². The summed E-state index contributed by atoms with van der Waals surface area (Å²) < 4.78 is 16.5. The second kappa shape index (κ2) is 9.52. The van der Waals surface area contributed by atoms with Crippen LogP contribution in [0.1, 0.15) is 29.3 Å². The van der Waals surface area contributed by atoms with Crippen molar-refractivity contribution in [2.24, 2.45) is 0 Å². The van der Waals surface area contributed by atoms with Crippen molar-refractivity contribution in [3.05, 3.63) is 53.6 Å². The number of aryl methyl sites for hydroxylation is 1. The minimum atomic E-state index is -0.258. The molecule has 0 N–H and O–H groups in total. The summed E-state index contributed by atoms with van der Waals surface area (Å²) >= 11 is 0. The third kappa shape index (κ3) is 4.50. The predicted molar refractivity (Wildman–Crippen MR) is 114 cm³/mol. The summed E-state index contributed by atoms with van der Waals surface area (Å²) in [4.78, 5) is 27.9. The van der Waals surface area contributed by atoms with Gasteiger partial charge in [0.2, 0.25) is 0 Å². The fraction of sp³-hybridized carbons (Fsp3) is 0.391. The van der Waals surface area contributed by atoms with Crippen LogP contribution in [0, 0.1) is 0 Å². The SMILES string of the molecule is CCOc1cc(OCC2N(C)C(=O)c3ccccc3N2C)ccc1CCC(=O)OC. The number of anilines is 1. The van der Waals surface area contributed by atoms with Gasteiger partial charge in [0.1, 0.15) is 24.3 Å². The molecule has 3 rings (SSSR count). The highest BCUT2D eigenvalue weighted by Gasteiger charge is 2.33. The van der Waals surface area contributed by atoms with Gasteiger partial charge in [-0.25, -0.2) is 0 Å². The molecule has 2 aromatic rings. The zero-order valence-electron chi connectivity index (χ0n) is 17.9. The van der Waals surface area contributed by atoms with Crippen molar-refractivity contribution in [2.45, 2.75) is 25.9 Å². The smallest absolute Gasteiger partial charge is 0.305 e. The van der Waals surface area contributed by atoms with E-state index in [0.29, 0.717) is 36.7 Å². The number of hydrogen-bond donors (Lipinski definition) is 0. The van der Waals surface area contributed by atoms with Crippen LogP contribution in [0.2, 0.25) is 0 Å². The molecule has 1 aliphatic rings. The summed E-state index contributed by atoms with van der Waals surface area (Å²) in [5.41, 5.74) is 2.50. The van der Waals surface area contributed by atoms with Crippen LogP contribution in [-0.4, -0.2) is 57.4 Å². The number of likely N-dealkylation sites (N-methyl/N-ethyl adjacent to an activating group) is 2. The Morgan fingerprint density at radius 2 is 1.83 bits per heavy atom. The lowest BCUT2D eigenvalue weighted by molar-refractivity contribution is -0.140. The largest absolute Gasteiger partial charge is 0.493 e. The Kier molecular flexibility index (Phi) is 6.82. The van der Waals surface area contributed by atoms with Gasteiger partial charge in [-0.2, -0.15) is 0 Å². The average molecular weight is 412 g/mol. The Morgan fingerprint density at radius 3 is 2.57 bits per heavy atom. The zero-order chi connectivity index (χ0) is 21.7. The normalized spacial score (nSPS) is 15.6. The van der Waals surface area contributed by atoms with Crippen molar-refractivity contribution < 1.29 is 23.8 Å². The summed E-state index contributed by atoms with van der Waals surface area (Å²) in [5.74, 6) is 1.05. The predicted octanol–water partition coefficient (Wildman–Crippen LogP) is 3.12. The molecule has 7 nitrogen and oxygen atoms in total. The number of benzene rings is 2. The van der Waals surface area contributed by atoms with E-state index < -0.39 is 0 Å². The standard InChI is InChI=1S/C23H28N2O5/c1-5-29-20-14-17(12-10-16(20)11-13-22(26)28-4)30-15-21-24(2)19-9-7-6-8-18(19)23(27)25(21)3/h6-10,12,14,21H,5,11,13,15H2,1-4H3. The summed E-state index contributed by atoms with van der Waals surface area (Å²) in [5, 5.41) is 0. The Balaban J connectivity index is 1.72. The summed E-state index contributed by atoms with van der Waals surface area (Å²) in [6.07, 6.45) is 0.583. The molecule has 0 saturated carbocycles. The minimum Gasteiger partial charge on any atom is -0.493 e. The van der Waals surface area contributed by atoms with E-state index in [-0.39, 0.29) is 24.5 Å². The van der Waals surface area contributed by atoms with Gasteiger partial charge in [-0.1, -0.05) is 18.2 Å². The van der Waals surface area contributed by atoms with Gasteiger partial charge in [0.05, 0.1) is 25.0 Å². The Morgan fingerprint density at radius 1 is 1.07 bits per heavy atom. The van der Waals surface area contributed by atoms with Gasteiger partial charge in [-0.15, -0.1) is 0 Å². The summed E-state index contributed by atoms with van der Waals surface area (Å²) in [6.45, 7) is 2.72. The van der Waals surface area contributed by atoms with Gasteiger partial charge in [0, 0.05) is 26.6 Å². The summed E-state index contributed by atoms with van der Waals surface area (Å²) in [6, 6.07) is 13.2. The van der Waals surface area contributed by atoms with Gasteiger partial charge >= 0.3 is 5.97 Å². The first kappa shape index (κ1) is 21.5. The summed E-state index contributed by atoms with van der Waals surface area (Å²) in [7, 11) is 5.12. The van der Waals surface area contributed by atoms with Gasteiger partial charge in [-0.3, -0.25) is 9.59 Å². The average Bonchev–Trinajstić information content (AvgIpc) is 2.77. The maximum Gasteiger partial charge on any atom is 0.305 e. The molecule has 1 amide bonds. The van der Waals surface area contributed by atoms with Crippen molar-refractivity contribution >= 4 is 17.6 Å². The molecule has 1 aliphatic heterocycles. The van der Waals surface area contributed by atoms with Crippen molar-refractivity contribution in [3.8, 4) is 11.5 Å². The number of carbonyl (C=O) groups is 2. The third-order valence-electron chi connectivity index (χ3n) is 5.29. The fourth-order valence-corrected chi connectivity index (χ4v) is 3.56. The molecule has 0 aromatic heterocycles. The molecule has 0 fully saturated rings. The van der Waals surface area contributed by atoms with Crippen LogP contribution in [0.5, 0.6) is 11.5 Å². The molecule has 30 heavy (non-hydrogen) atoms. The topological polar surface area (TPSA) is 68.3 Å². The maximum atomic E-state index is 12.7. The molecule has 0 bridgehead atoms. The number of esters is 1. The number of methoxy groups -OCH3 is 1. The van der Waals surface area contributed by atoms with Crippen LogP contribution < -0.4 is 14.4 Å². The lowest BCUT2D eigenvalue weighted by Gasteiger charge is -2.41. The van der Waals surface area contributed by atoms with Crippen molar-refractivity contribution in [2.75, 3.05) is 39.3 Å². The minimum absolute atomic E-state index is 0.0227. The second-order valence-corrected chi connectivity index (χ2v) is 7.11. The molecule has 7 heteroatoms. The lowest BCUT2D eigenvalue weighted by Crippen LogP contribution is -2.54. The Labute approximate surface area is 177 Å². The van der Waals surface area contributed by atoms with Crippen LogP contribution in [0.3, 0.4) is 0 Å². The van der Waals surface area contributed by atoms with Crippen molar-refractivity contribution in [3.63, 3.8) is 0 Å². The van der Waals surface area contributed by atoms with E-state index in [9.17, 15) is 9.59 Å². The molecular weight excluding hydrogens is 384 g/mol. The van der Waals surface area contributed by atoms with Gasteiger partial charge in [-0.05, 0) is 37.1 Å². The highest BCUT2D eigenvalue weighted by molar-refractivity contribution is 6.01. The van der Waals surface area contributed by atoms with Crippen molar-refractivity contribution in [1.82, 2.24) is 4.90 Å². The number of amides is 1. The molecule has 0 aliphatic carbocycles. The van der Waals surface area contributed by atoms with Crippen LogP contribution in [0.4, 0.5) is 5.69 Å². The number of hydrogen-bond acceptors (Lipinski definition) is 6. The molecule has 1 heterocycles. The lowest BCUT2D eigenvalue weighted by atomic mass is 10.1. The first-order valence-electron chi connectivity index (χ1n) is 10.0. The molecule has 160 valence electrons. The van der Waals surface area contributed by atoms with E-state index in [2.05, 4.69) is 0 Å². The zero-order valence-corrected chi connectivity index (χ0v) is 17.9. The molecule has 0 radical (unpaired) electrons. The molecular formula is C23H28N2O5. The molecule has 0 saturated heterocycles. The van der Waals surface area contributed by atoms with Crippen LogP contribution in [0.25, 0.3) is 0 Å². The third-order valence-corrected chi connectivity index (χ3v) is 5.29. The quantitative estimate of drug-likeness (QED) is 0.621. The number of rotatable bonds is 8. The molecule has 2 aromatic carbocycles. The number of para-hydroxylation sites is 1. The van der Waals surface area contributed by atoms with Crippen LogP contribution >= 0.6 is 0 Å². The number of carbonyl (C=O) groups excluding carboxylic acids is 2. The Bertz CT molecular complexity index is 914. The number of ether oxygens (including phenoxy) is 3. The van der Waals surface area contributed by atoms with Crippen LogP contribution in [-0.2, 0) is 16.0 Å². The molecule has 1 atom stereocenters.